The van der Waals surface area contributed by atoms with Gasteiger partial charge < -0.3 is 10.2 Å². The molecule has 3 aliphatic rings. The zero-order chi connectivity index (χ0) is 40.9. The van der Waals surface area contributed by atoms with Crippen LogP contribution in [-0.2, 0) is 10.8 Å². The molecule has 0 saturated carbocycles. The van der Waals surface area contributed by atoms with Gasteiger partial charge in [0.2, 0.25) is 0 Å². The predicted molar refractivity (Wildman–Crippen MR) is 255 cm³/mol. The number of nitrogens with one attached hydrogen (secondary N) is 1. The summed E-state index contributed by atoms with van der Waals surface area (Å²) >= 11 is 0. The third kappa shape index (κ3) is 5.15. The van der Waals surface area contributed by atoms with E-state index >= 15 is 0 Å². The van der Waals surface area contributed by atoms with Gasteiger partial charge in [-0.05, 0) is 134 Å². The van der Waals surface area contributed by atoms with E-state index in [9.17, 15) is 0 Å². The molecule has 0 aliphatic heterocycles. The first-order chi connectivity index (χ1) is 29.9. The highest BCUT2D eigenvalue weighted by atomic mass is 15.1. The minimum absolute atomic E-state index is 0.134. The van der Waals surface area contributed by atoms with Crippen LogP contribution in [0, 0.1) is 6.92 Å². The van der Waals surface area contributed by atoms with Crippen LogP contribution >= 0.6 is 0 Å². The Kier molecular flexibility index (Phi) is 7.74. The van der Waals surface area contributed by atoms with Crippen molar-refractivity contribution in [3.8, 4) is 44.5 Å². The number of hydrogen-bond acceptors (Lipinski definition) is 2. The lowest BCUT2D eigenvalue weighted by molar-refractivity contribution is 0.660. The van der Waals surface area contributed by atoms with Crippen molar-refractivity contribution in [2.24, 2.45) is 0 Å². The minimum atomic E-state index is -0.424. The number of hydrogen-bond donors (Lipinski definition) is 1. The second-order valence-corrected chi connectivity index (χ2v) is 17.4. The Hall–Kier alpha value is -7.42. The maximum absolute atomic E-state index is 3.55. The number of fused-ring (bicyclic) bond motifs is 13. The molecule has 12 rings (SSSR count). The van der Waals surface area contributed by atoms with E-state index in [1.807, 2.05) is 0 Å². The first kappa shape index (κ1) is 35.5. The van der Waals surface area contributed by atoms with Crippen molar-refractivity contribution in [3.63, 3.8) is 0 Å². The smallest absolute Gasteiger partial charge is 0.0726 e. The molecule has 2 nitrogen and oxygen atoms in total. The van der Waals surface area contributed by atoms with E-state index in [2.05, 4.69) is 237 Å². The topological polar surface area (TPSA) is 15.3 Å². The normalized spacial score (nSPS) is 14.1. The Balaban J connectivity index is 1.03. The fourth-order valence-electron chi connectivity index (χ4n) is 10.9. The van der Waals surface area contributed by atoms with Crippen molar-refractivity contribution in [3.05, 3.63) is 245 Å². The predicted octanol–water partition coefficient (Wildman–Crippen LogP) is 15.5. The molecule has 1 N–H and O–H groups in total. The van der Waals surface area contributed by atoms with Gasteiger partial charge in [-0.15, -0.1) is 0 Å². The molecule has 0 heterocycles. The highest BCUT2D eigenvalue weighted by Gasteiger charge is 2.52. The number of aryl methyl sites for hydroxylation is 1. The van der Waals surface area contributed by atoms with Gasteiger partial charge in [0.15, 0.2) is 0 Å². The molecule has 61 heavy (non-hydrogen) atoms. The molecule has 0 bridgehead atoms. The lowest BCUT2D eigenvalue weighted by atomic mass is 9.70. The first-order valence-electron chi connectivity index (χ1n) is 21.4. The number of nitrogens with zero attached hydrogens (tertiary/aromatic N) is 1. The Morgan fingerprint density at radius 1 is 0.377 bits per heavy atom. The highest BCUT2D eigenvalue weighted by Crippen LogP contribution is 2.65. The average molecular weight is 781 g/mol. The standard InChI is InChI=1S/C59H44N2/c1-38-23-29-41(30-24-38)60-42-31-25-39(26-32-42)40-27-33-43(34-28-40)61(44-35-36-48-45-13-4-8-17-50(45)58(2,3)55(48)37-44)56-22-12-21-54-57(56)49-16-7-11-20-53(49)59(54)51-18-9-5-14-46(51)47-15-6-10-19-52(47)59/h4-37,60H,1-3H3. The highest BCUT2D eigenvalue weighted by molar-refractivity contribution is 6.01. The molecule has 0 unspecified atom stereocenters. The van der Waals surface area contributed by atoms with Crippen LogP contribution in [0.5, 0.6) is 0 Å². The van der Waals surface area contributed by atoms with Gasteiger partial charge in [0.1, 0.15) is 0 Å². The summed E-state index contributed by atoms with van der Waals surface area (Å²) in [4.78, 5) is 2.51. The van der Waals surface area contributed by atoms with E-state index in [1.54, 1.807) is 0 Å². The Morgan fingerprint density at radius 2 is 0.836 bits per heavy atom. The van der Waals surface area contributed by atoms with Gasteiger partial charge in [-0.2, -0.15) is 0 Å². The summed E-state index contributed by atoms with van der Waals surface area (Å²) in [6, 6.07) is 76.8. The summed E-state index contributed by atoms with van der Waals surface area (Å²) in [5.74, 6) is 0. The van der Waals surface area contributed by atoms with E-state index < -0.39 is 5.41 Å². The van der Waals surface area contributed by atoms with Crippen molar-refractivity contribution in [2.75, 3.05) is 10.2 Å². The fourth-order valence-corrected chi connectivity index (χ4v) is 10.9. The molecule has 0 saturated heterocycles. The molecule has 9 aromatic carbocycles. The molecule has 3 aliphatic carbocycles. The molecule has 1 spiro atoms. The van der Waals surface area contributed by atoms with E-state index in [1.165, 1.54) is 89.1 Å². The zero-order valence-corrected chi connectivity index (χ0v) is 34.6. The second kappa shape index (κ2) is 13.3. The molecule has 2 heteroatoms. The van der Waals surface area contributed by atoms with Gasteiger partial charge in [-0.25, -0.2) is 0 Å². The van der Waals surface area contributed by atoms with Gasteiger partial charge in [-0.1, -0.05) is 171 Å². The number of benzene rings is 9. The lowest BCUT2D eigenvalue weighted by Crippen LogP contribution is -2.26. The van der Waals surface area contributed by atoms with Gasteiger partial charge in [-0.3, -0.25) is 0 Å². The van der Waals surface area contributed by atoms with Crippen LogP contribution in [-0.4, -0.2) is 0 Å². The Bertz CT molecular complexity index is 3140. The van der Waals surface area contributed by atoms with E-state index in [-0.39, 0.29) is 5.41 Å². The largest absolute Gasteiger partial charge is 0.356 e. The number of anilines is 5. The van der Waals surface area contributed by atoms with Crippen LogP contribution in [0.4, 0.5) is 28.4 Å². The summed E-state index contributed by atoms with van der Waals surface area (Å²) in [5.41, 5.74) is 24.6. The summed E-state index contributed by atoms with van der Waals surface area (Å²) in [6.45, 7) is 6.86. The summed E-state index contributed by atoms with van der Waals surface area (Å²) in [7, 11) is 0. The van der Waals surface area contributed by atoms with Crippen LogP contribution < -0.4 is 10.2 Å². The fraction of sp³-hybridized carbons (Fsp3) is 0.0847. The SMILES string of the molecule is Cc1ccc(Nc2ccc(-c3ccc(N(c4ccc5c(c4)C(C)(C)c4ccccc4-5)c4cccc5c4-c4ccccc4C54c5ccccc5-c5ccccc54)cc3)cc2)cc1. The summed E-state index contributed by atoms with van der Waals surface area (Å²) in [6.07, 6.45) is 0. The van der Waals surface area contributed by atoms with Crippen LogP contribution in [0.25, 0.3) is 44.5 Å². The third-order valence-electron chi connectivity index (χ3n) is 13.7. The summed E-state index contributed by atoms with van der Waals surface area (Å²) < 4.78 is 0. The van der Waals surface area contributed by atoms with Crippen LogP contribution in [0.15, 0.2) is 206 Å². The number of rotatable bonds is 6. The molecule has 0 aromatic heterocycles. The van der Waals surface area contributed by atoms with Crippen LogP contribution in [0.3, 0.4) is 0 Å². The van der Waals surface area contributed by atoms with Crippen molar-refractivity contribution in [1.82, 2.24) is 0 Å². The molecule has 290 valence electrons. The van der Waals surface area contributed by atoms with Gasteiger partial charge in [0.05, 0.1) is 11.1 Å². The van der Waals surface area contributed by atoms with Gasteiger partial charge in [0, 0.05) is 33.7 Å². The van der Waals surface area contributed by atoms with Crippen LogP contribution in [0.1, 0.15) is 52.8 Å². The van der Waals surface area contributed by atoms with Gasteiger partial charge in [0.25, 0.3) is 0 Å². The first-order valence-corrected chi connectivity index (χ1v) is 21.4. The average Bonchev–Trinajstić information content (AvgIpc) is 3.87. The van der Waals surface area contributed by atoms with E-state index in [0.717, 1.165) is 22.7 Å². The monoisotopic (exact) mass is 780 g/mol. The zero-order valence-electron chi connectivity index (χ0n) is 34.6. The van der Waals surface area contributed by atoms with Crippen molar-refractivity contribution >= 4 is 28.4 Å². The molecule has 0 radical (unpaired) electrons. The lowest BCUT2D eigenvalue weighted by Gasteiger charge is -2.32. The summed E-state index contributed by atoms with van der Waals surface area (Å²) in [5, 5.41) is 3.55. The quantitative estimate of drug-likeness (QED) is 0.181. The van der Waals surface area contributed by atoms with Crippen molar-refractivity contribution in [1.29, 1.82) is 0 Å². The second-order valence-electron chi connectivity index (χ2n) is 17.4. The van der Waals surface area contributed by atoms with E-state index in [4.69, 9.17) is 0 Å². The van der Waals surface area contributed by atoms with Crippen molar-refractivity contribution < 1.29 is 0 Å². The molecule has 0 fully saturated rings. The molecule has 0 atom stereocenters. The van der Waals surface area contributed by atoms with E-state index in [0.29, 0.717) is 0 Å². The van der Waals surface area contributed by atoms with Crippen LogP contribution in [0.2, 0.25) is 0 Å². The maximum Gasteiger partial charge on any atom is 0.0726 e. The Labute approximate surface area is 358 Å². The maximum atomic E-state index is 3.55. The van der Waals surface area contributed by atoms with Gasteiger partial charge >= 0.3 is 0 Å². The minimum Gasteiger partial charge on any atom is -0.356 e. The molecular formula is C59H44N2. The molecular weight excluding hydrogens is 737 g/mol. The molecule has 0 amide bonds. The molecule has 9 aromatic rings. The van der Waals surface area contributed by atoms with Crippen molar-refractivity contribution in [2.45, 2.75) is 31.6 Å². The third-order valence-corrected chi connectivity index (χ3v) is 13.7. The Morgan fingerprint density at radius 3 is 1.46 bits per heavy atom.